The Morgan fingerprint density at radius 2 is 2.20 bits per heavy atom. The zero-order chi connectivity index (χ0) is 14.5. The van der Waals surface area contributed by atoms with Crippen LogP contribution in [0.1, 0.15) is 31.1 Å². The van der Waals surface area contributed by atoms with Crippen molar-refractivity contribution in [1.82, 2.24) is 9.78 Å². The lowest BCUT2D eigenvalue weighted by Crippen LogP contribution is -2.04. The molecule has 0 atom stereocenters. The molecule has 0 radical (unpaired) electrons. The third kappa shape index (κ3) is 3.41. The highest BCUT2D eigenvalue weighted by Gasteiger charge is 2.06. The predicted molar refractivity (Wildman–Crippen MR) is 81.7 cm³/mol. The SMILES string of the molecule is C=CCc1cc(N)ccc1OCc1ccn(C(C)C)n1. The number of anilines is 1. The molecule has 0 aliphatic heterocycles. The van der Waals surface area contributed by atoms with Gasteiger partial charge in [0, 0.05) is 17.9 Å². The Hall–Kier alpha value is -2.23. The molecule has 0 aliphatic rings. The van der Waals surface area contributed by atoms with Gasteiger partial charge in [0.05, 0.1) is 5.69 Å². The normalized spacial score (nSPS) is 10.8. The second-order valence-electron chi connectivity index (χ2n) is 5.03. The highest BCUT2D eigenvalue weighted by molar-refractivity contribution is 5.48. The number of aromatic nitrogens is 2. The lowest BCUT2D eigenvalue weighted by molar-refractivity contribution is 0.296. The van der Waals surface area contributed by atoms with E-state index in [0.29, 0.717) is 12.6 Å². The van der Waals surface area contributed by atoms with Crippen LogP contribution in [0.3, 0.4) is 0 Å². The second kappa shape index (κ2) is 6.28. The Bertz CT molecular complexity index is 587. The van der Waals surface area contributed by atoms with Gasteiger partial charge >= 0.3 is 0 Å². The van der Waals surface area contributed by atoms with Crippen LogP contribution in [-0.2, 0) is 13.0 Å². The molecule has 0 unspecified atom stereocenters. The molecule has 0 saturated carbocycles. The summed E-state index contributed by atoms with van der Waals surface area (Å²) in [6.07, 6.45) is 4.55. The van der Waals surface area contributed by atoms with Crippen molar-refractivity contribution in [2.24, 2.45) is 0 Å². The van der Waals surface area contributed by atoms with E-state index in [0.717, 1.165) is 29.1 Å². The number of nitrogens with zero attached hydrogens (tertiary/aromatic N) is 2. The number of nitrogens with two attached hydrogens (primary N) is 1. The lowest BCUT2D eigenvalue weighted by Gasteiger charge is -2.10. The van der Waals surface area contributed by atoms with E-state index in [1.54, 1.807) is 0 Å². The zero-order valence-electron chi connectivity index (χ0n) is 12.0. The van der Waals surface area contributed by atoms with Crippen LogP contribution >= 0.6 is 0 Å². The number of rotatable bonds is 6. The molecule has 2 rings (SSSR count). The standard InChI is InChI=1S/C16H21N3O/c1-4-5-13-10-14(17)6-7-16(13)20-11-15-8-9-19(18-15)12(2)3/h4,6-10,12H,1,5,11,17H2,2-3H3. The fourth-order valence-corrected chi connectivity index (χ4v) is 1.95. The Kier molecular flexibility index (Phi) is 4.45. The van der Waals surface area contributed by atoms with Gasteiger partial charge in [-0.2, -0.15) is 5.10 Å². The third-order valence-electron chi connectivity index (χ3n) is 3.02. The summed E-state index contributed by atoms with van der Waals surface area (Å²) >= 11 is 0. The molecule has 1 aromatic carbocycles. The summed E-state index contributed by atoms with van der Waals surface area (Å²) in [7, 11) is 0. The molecule has 0 aliphatic carbocycles. The average molecular weight is 271 g/mol. The van der Waals surface area contributed by atoms with E-state index < -0.39 is 0 Å². The van der Waals surface area contributed by atoms with Gasteiger partial charge in [-0.25, -0.2) is 0 Å². The van der Waals surface area contributed by atoms with Crippen molar-refractivity contribution < 1.29 is 4.74 Å². The van der Waals surface area contributed by atoms with E-state index >= 15 is 0 Å². The molecule has 0 fully saturated rings. The first-order valence-electron chi connectivity index (χ1n) is 6.76. The maximum atomic E-state index is 5.84. The van der Waals surface area contributed by atoms with Crippen molar-refractivity contribution in [3.63, 3.8) is 0 Å². The first-order chi connectivity index (χ1) is 9.60. The molecule has 0 spiro atoms. The second-order valence-corrected chi connectivity index (χ2v) is 5.03. The first kappa shape index (κ1) is 14.2. The fraction of sp³-hybridized carbons (Fsp3) is 0.312. The maximum absolute atomic E-state index is 5.84. The van der Waals surface area contributed by atoms with Crippen molar-refractivity contribution in [2.45, 2.75) is 32.9 Å². The van der Waals surface area contributed by atoms with Crippen LogP contribution in [0.5, 0.6) is 5.75 Å². The molecule has 0 bridgehead atoms. The van der Waals surface area contributed by atoms with E-state index in [9.17, 15) is 0 Å². The summed E-state index contributed by atoms with van der Waals surface area (Å²) in [4.78, 5) is 0. The highest BCUT2D eigenvalue weighted by atomic mass is 16.5. The topological polar surface area (TPSA) is 53.1 Å². The summed E-state index contributed by atoms with van der Waals surface area (Å²) in [6, 6.07) is 7.99. The monoisotopic (exact) mass is 271 g/mol. The highest BCUT2D eigenvalue weighted by Crippen LogP contribution is 2.23. The van der Waals surface area contributed by atoms with Gasteiger partial charge in [0.25, 0.3) is 0 Å². The summed E-state index contributed by atoms with van der Waals surface area (Å²) in [6.45, 7) is 8.40. The minimum absolute atomic E-state index is 0.358. The Balaban J connectivity index is 2.07. The molecule has 106 valence electrons. The van der Waals surface area contributed by atoms with Gasteiger partial charge in [0.1, 0.15) is 12.4 Å². The maximum Gasteiger partial charge on any atom is 0.132 e. The smallest absolute Gasteiger partial charge is 0.132 e. The van der Waals surface area contributed by atoms with Crippen LogP contribution < -0.4 is 10.5 Å². The van der Waals surface area contributed by atoms with Gasteiger partial charge in [0.15, 0.2) is 0 Å². The number of hydrogen-bond acceptors (Lipinski definition) is 3. The van der Waals surface area contributed by atoms with Crippen molar-refractivity contribution >= 4 is 5.69 Å². The average Bonchev–Trinajstić information content (AvgIpc) is 2.87. The van der Waals surface area contributed by atoms with Crippen molar-refractivity contribution in [3.8, 4) is 5.75 Å². The summed E-state index contributed by atoms with van der Waals surface area (Å²) in [5, 5.41) is 4.46. The van der Waals surface area contributed by atoms with Crippen molar-refractivity contribution in [1.29, 1.82) is 0 Å². The molecule has 0 saturated heterocycles. The Morgan fingerprint density at radius 1 is 1.40 bits per heavy atom. The van der Waals surface area contributed by atoms with E-state index in [-0.39, 0.29) is 0 Å². The molecular weight excluding hydrogens is 250 g/mol. The fourth-order valence-electron chi connectivity index (χ4n) is 1.95. The van der Waals surface area contributed by atoms with Gasteiger partial charge in [-0.1, -0.05) is 6.08 Å². The Labute approximate surface area is 119 Å². The van der Waals surface area contributed by atoms with Crippen LogP contribution in [0, 0.1) is 0 Å². The molecule has 2 N–H and O–H groups in total. The van der Waals surface area contributed by atoms with Crippen LogP contribution in [0.25, 0.3) is 0 Å². The van der Waals surface area contributed by atoms with Crippen LogP contribution in [-0.4, -0.2) is 9.78 Å². The number of hydrogen-bond donors (Lipinski definition) is 1. The van der Waals surface area contributed by atoms with Gasteiger partial charge in [-0.3, -0.25) is 4.68 Å². The van der Waals surface area contributed by atoms with E-state index in [2.05, 4.69) is 25.5 Å². The predicted octanol–water partition coefficient (Wildman–Crippen LogP) is 3.35. The van der Waals surface area contributed by atoms with Crippen LogP contribution in [0.2, 0.25) is 0 Å². The van der Waals surface area contributed by atoms with E-state index in [1.165, 1.54) is 0 Å². The zero-order valence-corrected chi connectivity index (χ0v) is 12.0. The largest absolute Gasteiger partial charge is 0.487 e. The summed E-state index contributed by atoms with van der Waals surface area (Å²) < 4.78 is 7.77. The summed E-state index contributed by atoms with van der Waals surface area (Å²) in [5.74, 6) is 0.832. The minimum Gasteiger partial charge on any atom is -0.487 e. The molecular formula is C16H21N3O. The number of allylic oxidation sites excluding steroid dienone is 1. The molecule has 4 nitrogen and oxygen atoms in total. The van der Waals surface area contributed by atoms with E-state index in [1.807, 2.05) is 41.2 Å². The van der Waals surface area contributed by atoms with Crippen molar-refractivity contribution in [2.75, 3.05) is 5.73 Å². The van der Waals surface area contributed by atoms with Gasteiger partial charge in [-0.05, 0) is 50.1 Å². The van der Waals surface area contributed by atoms with Gasteiger partial charge in [-0.15, -0.1) is 6.58 Å². The molecule has 20 heavy (non-hydrogen) atoms. The van der Waals surface area contributed by atoms with Crippen LogP contribution in [0.4, 0.5) is 5.69 Å². The minimum atomic E-state index is 0.358. The van der Waals surface area contributed by atoms with Crippen molar-refractivity contribution in [3.05, 3.63) is 54.4 Å². The molecule has 1 heterocycles. The molecule has 2 aromatic rings. The number of ether oxygens (including phenoxy) is 1. The van der Waals surface area contributed by atoms with E-state index in [4.69, 9.17) is 10.5 Å². The molecule has 0 amide bonds. The lowest BCUT2D eigenvalue weighted by atomic mass is 10.1. The first-order valence-corrected chi connectivity index (χ1v) is 6.76. The summed E-state index contributed by atoms with van der Waals surface area (Å²) in [5.41, 5.74) is 8.49. The quantitative estimate of drug-likeness (QED) is 0.647. The van der Waals surface area contributed by atoms with Crippen LogP contribution in [0.15, 0.2) is 43.1 Å². The van der Waals surface area contributed by atoms with Gasteiger partial charge < -0.3 is 10.5 Å². The number of benzene rings is 1. The third-order valence-corrected chi connectivity index (χ3v) is 3.02. The van der Waals surface area contributed by atoms with Gasteiger partial charge in [0.2, 0.25) is 0 Å². The molecule has 1 aromatic heterocycles. The number of nitrogen functional groups attached to an aromatic ring is 1. The Morgan fingerprint density at radius 3 is 2.85 bits per heavy atom. The molecule has 4 heteroatoms.